The molecule has 1 saturated heterocycles. The molecule has 0 saturated carbocycles. The molecule has 0 atom stereocenters. The van der Waals surface area contributed by atoms with Crippen molar-refractivity contribution in [2.45, 2.75) is 0 Å². The van der Waals surface area contributed by atoms with Crippen molar-refractivity contribution in [1.82, 2.24) is 9.21 Å². The van der Waals surface area contributed by atoms with Crippen LogP contribution in [0.25, 0.3) is 6.08 Å². The smallest absolute Gasteiger partial charge is 0.254 e. The second kappa shape index (κ2) is 9.60. The third kappa shape index (κ3) is 4.88. The van der Waals surface area contributed by atoms with E-state index in [2.05, 4.69) is 0 Å². The summed E-state index contributed by atoms with van der Waals surface area (Å²) in [6.07, 6.45) is 1.57. The summed E-state index contributed by atoms with van der Waals surface area (Å²) in [5, 5.41) is 3.03. The second-order valence-electron chi connectivity index (χ2n) is 7.30. The van der Waals surface area contributed by atoms with Gasteiger partial charge in [0.1, 0.15) is 0 Å². The summed E-state index contributed by atoms with van der Waals surface area (Å²) in [5.74, 6) is -0.446. The summed E-state index contributed by atoms with van der Waals surface area (Å²) in [5.41, 5.74) is 1.50. The van der Waals surface area contributed by atoms with Gasteiger partial charge in [0.2, 0.25) is 15.8 Å². The van der Waals surface area contributed by atoms with E-state index < -0.39 is 10.0 Å². The summed E-state index contributed by atoms with van der Waals surface area (Å²) in [7, 11) is -3.58. The lowest BCUT2D eigenvalue weighted by Crippen LogP contribution is -2.50. The Kier molecular flexibility index (Phi) is 6.64. The Morgan fingerprint density at radius 3 is 2.12 bits per heavy atom. The minimum atomic E-state index is -3.58. The van der Waals surface area contributed by atoms with Crippen LogP contribution < -0.4 is 0 Å². The third-order valence-electron chi connectivity index (χ3n) is 5.26. The average molecular weight is 467 g/mol. The van der Waals surface area contributed by atoms with E-state index in [-0.39, 0.29) is 37.9 Å². The molecule has 1 aliphatic heterocycles. The number of piperazine rings is 1. The maximum absolute atomic E-state index is 13.2. The van der Waals surface area contributed by atoms with Gasteiger partial charge in [-0.2, -0.15) is 4.31 Å². The van der Waals surface area contributed by atoms with Crippen LogP contribution in [0.4, 0.5) is 0 Å². The first-order chi connectivity index (χ1) is 15.5. The van der Waals surface area contributed by atoms with Crippen molar-refractivity contribution >= 4 is 39.1 Å². The van der Waals surface area contributed by atoms with Crippen molar-refractivity contribution in [3.8, 4) is 0 Å². The van der Waals surface area contributed by atoms with E-state index in [9.17, 15) is 18.0 Å². The first-order valence-electron chi connectivity index (χ1n) is 10.2. The SMILES string of the molecule is O=C(c1cccs1)c1ccccc1C(=O)N1CCN(S(=O)(=O)C=Cc2ccccc2)CC1. The van der Waals surface area contributed by atoms with Crippen LogP contribution in [0.2, 0.25) is 0 Å². The van der Waals surface area contributed by atoms with Crippen molar-refractivity contribution in [3.05, 3.63) is 99.1 Å². The highest BCUT2D eigenvalue weighted by atomic mass is 32.2. The second-order valence-corrected chi connectivity index (χ2v) is 10.1. The van der Waals surface area contributed by atoms with Gasteiger partial charge in [-0.1, -0.05) is 54.6 Å². The Morgan fingerprint density at radius 2 is 1.47 bits per heavy atom. The van der Waals surface area contributed by atoms with E-state index in [1.54, 1.807) is 47.4 Å². The van der Waals surface area contributed by atoms with Crippen LogP contribution in [0.3, 0.4) is 0 Å². The first kappa shape index (κ1) is 22.1. The standard InChI is InChI=1S/C24H22N2O4S2/c27-23(22-11-6-17-31-22)20-9-4-5-10-21(20)24(28)25-13-15-26(16-14-25)32(29,30)18-12-19-7-2-1-3-8-19/h1-12,17-18H,13-16H2. The van der Waals surface area contributed by atoms with Crippen LogP contribution in [-0.2, 0) is 10.0 Å². The van der Waals surface area contributed by atoms with E-state index >= 15 is 0 Å². The van der Waals surface area contributed by atoms with Crippen LogP contribution >= 0.6 is 11.3 Å². The van der Waals surface area contributed by atoms with Gasteiger partial charge in [0.25, 0.3) is 5.91 Å². The van der Waals surface area contributed by atoms with Crippen LogP contribution in [0.1, 0.15) is 31.2 Å². The molecule has 0 aliphatic carbocycles. The van der Waals surface area contributed by atoms with E-state index in [1.165, 1.54) is 21.1 Å². The molecule has 2 heterocycles. The van der Waals surface area contributed by atoms with Gasteiger partial charge >= 0.3 is 0 Å². The average Bonchev–Trinajstić information content (AvgIpc) is 3.38. The molecular weight excluding hydrogens is 444 g/mol. The zero-order valence-electron chi connectivity index (χ0n) is 17.3. The van der Waals surface area contributed by atoms with Gasteiger partial charge in [-0.05, 0) is 29.2 Å². The number of carbonyl (C=O) groups is 2. The Hall–Kier alpha value is -3.07. The molecule has 32 heavy (non-hydrogen) atoms. The molecule has 164 valence electrons. The van der Waals surface area contributed by atoms with Gasteiger partial charge in [0.05, 0.1) is 10.4 Å². The van der Waals surface area contributed by atoms with Gasteiger partial charge in [0, 0.05) is 37.2 Å². The molecule has 1 aromatic heterocycles. The number of rotatable bonds is 6. The van der Waals surface area contributed by atoms with Crippen LogP contribution in [0.15, 0.2) is 77.5 Å². The predicted molar refractivity (Wildman–Crippen MR) is 126 cm³/mol. The van der Waals surface area contributed by atoms with E-state index in [1.807, 2.05) is 35.7 Å². The van der Waals surface area contributed by atoms with E-state index in [0.717, 1.165) is 5.56 Å². The minimum Gasteiger partial charge on any atom is -0.336 e. The Bertz CT molecular complexity index is 1230. The summed E-state index contributed by atoms with van der Waals surface area (Å²) < 4.78 is 26.7. The molecule has 8 heteroatoms. The van der Waals surface area contributed by atoms with Crippen molar-refractivity contribution in [2.24, 2.45) is 0 Å². The molecular formula is C24H22N2O4S2. The molecule has 1 fully saturated rings. The van der Waals surface area contributed by atoms with Crippen LogP contribution in [-0.4, -0.2) is 55.5 Å². The number of amides is 1. The molecule has 6 nitrogen and oxygen atoms in total. The number of thiophene rings is 1. The Labute approximate surface area is 191 Å². The van der Waals surface area contributed by atoms with Gasteiger partial charge in [0.15, 0.2) is 0 Å². The number of ketones is 1. The zero-order chi connectivity index (χ0) is 22.6. The highest BCUT2D eigenvalue weighted by molar-refractivity contribution is 7.92. The lowest BCUT2D eigenvalue weighted by atomic mass is 10.0. The molecule has 2 aromatic carbocycles. The topological polar surface area (TPSA) is 74.8 Å². The number of nitrogens with zero attached hydrogens (tertiary/aromatic N) is 2. The lowest BCUT2D eigenvalue weighted by Gasteiger charge is -2.33. The Morgan fingerprint density at radius 1 is 0.812 bits per heavy atom. The molecule has 4 rings (SSSR count). The number of benzene rings is 2. The highest BCUT2D eigenvalue weighted by Gasteiger charge is 2.29. The van der Waals surface area contributed by atoms with Crippen molar-refractivity contribution in [2.75, 3.05) is 26.2 Å². The fraction of sp³-hybridized carbons (Fsp3) is 0.167. The monoisotopic (exact) mass is 466 g/mol. The van der Waals surface area contributed by atoms with Crippen molar-refractivity contribution < 1.29 is 18.0 Å². The number of sulfonamides is 1. The normalized spacial score (nSPS) is 15.2. The number of carbonyl (C=O) groups excluding carboxylic acids is 2. The highest BCUT2D eigenvalue weighted by Crippen LogP contribution is 2.21. The quantitative estimate of drug-likeness (QED) is 0.519. The number of hydrogen-bond acceptors (Lipinski definition) is 5. The van der Waals surface area contributed by atoms with Crippen molar-refractivity contribution in [1.29, 1.82) is 0 Å². The number of hydrogen-bond donors (Lipinski definition) is 0. The summed E-state index contributed by atoms with van der Waals surface area (Å²) in [6.45, 7) is 0.931. The molecule has 0 spiro atoms. The van der Waals surface area contributed by atoms with E-state index in [4.69, 9.17) is 0 Å². The maximum atomic E-state index is 13.2. The predicted octanol–water partition coefficient (Wildman–Crippen LogP) is 3.74. The minimum absolute atomic E-state index is 0.184. The maximum Gasteiger partial charge on any atom is 0.254 e. The molecule has 0 N–H and O–H groups in total. The lowest BCUT2D eigenvalue weighted by molar-refractivity contribution is 0.0695. The van der Waals surface area contributed by atoms with Gasteiger partial charge < -0.3 is 4.90 Å². The fourth-order valence-electron chi connectivity index (χ4n) is 3.54. The Balaban J connectivity index is 1.44. The van der Waals surface area contributed by atoms with Gasteiger partial charge in [-0.15, -0.1) is 11.3 Å². The largest absolute Gasteiger partial charge is 0.336 e. The zero-order valence-corrected chi connectivity index (χ0v) is 18.9. The molecule has 0 unspecified atom stereocenters. The van der Waals surface area contributed by atoms with Gasteiger partial charge in [-0.3, -0.25) is 9.59 Å². The summed E-state index contributed by atoms with van der Waals surface area (Å²) in [6, 6.07) is 19.5. The van der Waals surface area contributed by atoms with Crippen LogP contribution in [0, 0.1) is 0 Å². The van der Waals surface area contributed by atoms with Crippen molar-refractivity contribution in [3.63, 3.8) is 0 Å². The molecule has 3 aromatic rings. The van der Waals surface area contributed by atoms with E-state index in [0.29, 0.717) is 16.0 Å². The molecule has 0 radical (unpaired) electrons. The first-order valence-corrected chi connectivity index (χ1v) is 12.5. The van der Waals surface area contributed by atoms with Gasteiger partial charge in [-0.25, -0.2) is 8.42 Å². The van der Waals surface area contributed by atoms with Crippen LogP contribution in [0.5, 0.6) is 0 Å². The third-order valence-corrected chi connectivity index (χ3v) is 7.70. The summed E-state index contributed by atoms with van der Waals surface area (Å²) >= 11 is 1.33. The fourth-order valence-corrected chi connectivity index (χ4v) is 5.39. The molecule has 0 bridgehead atoms. The molecule has 1 aliphatic rings. The summed E-state index contributed by atoms with van der Waals surface area (Å²) in [4.78, 5) is 28.2. The molecule has 1 amide bonds.